The molecule has 2 rings (SSSR count). The molecule has 0 unspecified atom stereocenters. The van der Waals surface area contributed by atoms with Crippen molar-refractivity contribution >= 4 is 37.1 Å². The van der Waals surface area contributed by atoms with Gasteiger partial charge in [-0.05, 0) is 48.5 Å². The Kier molecular flexibility index (Phi) is 4.51. The molecule has 0 radical (unpaired) electrons. The highest BCUT2D eigenvalue weighted by molar-refractivity contribution is 7.92. The Morgan fingerprint density at radius 3 is 1.73 bits per heavy atom. The summed E-state index contributed by atoms with van der Waals surface area (Å²) in [6, 6.07) is 11.5. The number of benzene rings is 2. The van der Waals surface area contributed by atoms with Gasteiger partial charge < -0.3 is 0 Å². The Morgan fingerprint density at radius 1 is 0.818 bits per heavy atom. The van der Waals surface area contributed by atoms with Crippen molar-refractivity contribution in [3.05, 3.63) is 53.6 Å². The smallest absolute Gasteiger partial charge is 0.264 e. The highest BCUT2D eigenvalue weighted by Crippen LogP contribution is 2.24. The van der Waals surface area contributed by atoms with E-state index < -0.39 is 19.9 Å². The Bertz CT molecular complexity index is 873. The van der Waals surface area contributed by atoms with Gasteiger partial charge in [-0.3, -0.25) is 4.31 Å². The van der Waals surface area contributed by atoms with Crippen molar-refractivity contribution in [1.82, 2.24) is 0 Å². The van der Waals surface area contributed by atoms with Crippen LogP contribution in [0.1, 0.15) is 0 Å². The molecule has 8 heteroatoms. The van der Waals surface area contributed by atoms with Crippen LogP contribution in [-0.2, 0) is 19.9 Å². The Balaban J connectivity index is 2.38. The zero-order valence-corrected chi connectivity index (χ0v) is 14.3. The van der Waals surface area contributed by atoms with Gasteiger partial charge in [0.25, 0.3) is 10.0 Å². The van der Waals surface area contributed by atoms with E-state index in [0.29, 0.717) is 10.7 Å². The monoisotopic (exact) mass is 359 g/mol. The minimum atomic E-state index is -3.73. The van der Waals surface area contributed by atoms with Crippen molar-refractivity contribution < 1.29 is 16.8 Å². The van der Waals surface area contributed by atoms with Crippen molar-refractivity contribution in [2.45, 2.75) is 9.79 Å². The van der Waals surface area contributed by atoms with Gasteiger partial charge in [0, 0.05) is 18.3 Å². The fraction of sp³-hybridized carbons (Fsp3) is 0.143. The van der Waals surface area contributed by atoms with Gasteiger partial charge in [-0.15, -0.1) is 0 Å². The lowest BCUT2D eigenvalue weighted by molar-refractivity contribution is 0.594. The zero-order valence-electron chi connectivity index (χ0n) is 11.9. The first-order chi connectivity index (χ1) is 10.1. The van der Waals surface area contributed by atoms with Gasteiger partial charge in [-0.1, -0.05) is 11.6 Å². The molecule has 0 atom stereocenters. The molecule has 0 spiro atoms. The predicted octanol–water partition coefficient (Wildman–Crippen LogP) is 2.57. The second-order valence-electron chi connectivity index (χ2n) is 4.69. The van der Waals surface area contributed by atoms with E-state index in [2.05, 4.69) is 0 Å². The second kappa shape index (κ2) is 5.91. The fourth-order valence-electron chi connectivity index (χ4n) is 1.81. The molecule has 2 aromatic carbocycles. The summed E-state index contributed by atoms with van der Waals surface area (Å²) in [6.45, 7) is 0. The molecule has 0 saturated heterocycles. The first-order valence-corrected chi connectivity index (χ1v) is 9.88. The number of hydrogen-bond donors (Lipinski definition) is 0. The minimum absolute atomic E-state index is 0.103. The molecule has 0 aliphatic carbocycles. The molecule has 22 heavy (non-hydrogen) atoms. The number of anilines is 1. The lowest BCUT2D eigenvalue weighted by Gasteiger charge is -2.19. The molecular formula is C14H14ClNO4S2. The van der Waals surface area contributed by atoms with Crippen LogP contribution in [0.15, 0.2) is 58.3 Å². The van der Waals surface area contributed by atoms with Gasteiger partial charge in [0.15, 0.2) is 9.84 Å². The van der Waals surface area contributed by atoms with Crippen LogP contribution in [0.2, 0.25) is 5.02 Å². The van der Waals surface area contributed by atoms with Gasteiger partial charge in [-0.2, -0.15) is 0 Å². The molecule has 0 amide bonds. The number of halogens is 1. The highest BCUT2D eigenvalue weighted by Gasteiger charge is 2.21. The van der Waals surface area contributed by atoms with Crippen LogP contribution in [-0.4, -0.2) is 30.1 Å². The number of nitrogens with zero attached hydrogens (tertiary/aromatic N) is 1. The van der Waals surface area contributed by atoms with E-state index in [1.165, 1.54) is 55.6 Å². The highest BCUT2D eigenvalue weighted by atomic mass is 35.5. The van der Waals surface area contributed by atoms with Crippen LogP contribution in [0.4, 0.5) is 5.69 Å². The third kappa shape index (κ3) is 3.43. The SMILES string of the molecule is CN(c1ccc(S(C)(=O)=O)cc1)S(=O)(=O)c1ccc(Cl)cc1. The molecule has 2 aromatic rings. The molecule has 5 nitrogen and oxygen atoms in total. The number of sulfone groups is 1. The van der Waals surface area contributed by atoms with Crippen LogP contribution < -0.4 is 4.31 Å². The van der Waals surface area contributed by atoms with Crippen molar-refractivity contribution in [2.75, 3.05) is 17.6 Å². The second-order valence-corrected chi connectivity index (χ2v) is 9.11. The molecular weight excluding hydrogens is 346 g/mol. The van der Waals surface area contributed by atoms with Gasteiger partial charge >= 0.3 is 0 Å². The first kappa shape index (κ1) is 16.8. The summed E-state index contributed by atoms with van der Waals surface area (Å²) in [7, 11) is -5.65. The first-order valence-electron chi connectivity index (χ1n) is 6.17. The summed E-state index contributed by atoms with van der Waals surface area (Å²) in [5.41, 5.74) is 0.363. The summed E-state index contributed by atoms with van der Waals surface area (Å²) in [4.78, 5) is 0.236. The average Bonchev–Trinajstić information content (AvgIpc) is 2.46. The Hall–Kier alpha value is -1.57. The molecule has 0 bridgehead atoms. The number of hydrogen-bond acceptors (Lipinski definition) is 4. The Morgan fingerprint density at radius 2 is 1.27 bits per heavy atom. The molecule has 0 aromatic heterocycles. The fourth-order valence-corrected chi connectivity index (χ4v) is 3.76. The average molecular weight is 360 g/mol. The minimum Gasteiger partial charge on any atom is -0.269 e. The van der Waals surface area contributed by atoms with E-state index in [1.807, 2.05) is 0 Å². The molecule has 0 saturated carbocycles. The van der Waals surface area contributed by atoms with E-state index in [1.54, 1.807) is 0 Å². The molecule has 0 aliphatic rings. The van der Waals surface area contributed by atoms with E-state index in [4.69, 9.17) is 11.6 Å². The standard InChI is InChI=1S/C14H14ClNO4S2/c1-16(12-5-9-13(10-6-12)21(2,17)18)22(19,20)14-7-3-11(15)4-8-14/h3-10H,1-2H3. The van der Waals surface area contributed by atoms with Crippen molar-refractivity contribution in [3.63, 3.8) is 0 Å². The van der Waals surface area contributed by atoms with Crippen LogP contribution in [0.3, 0.4) is 0 Å². The quantitative estimate of drug-likeness (QED) is 0.841. The van der Waals surface area contributed by atoms with Gasteiger partial charge in [0.1, 0.15) is 0 Å². The predicted molar refractivity (Wildman–Crippen MR) is 86.6 cm³/mol. The number of sulfonamides is 1. The zero-order chi connectivity index (χ0) is 16.5. The molecule has 0 N–H and O–H groups in total. The maximum atomic E-state index is 12.5. The summed E-state index contributed by atoms with van der Waals surface area (Å²) >= 11 is 5.75. The summed E-state index contributed by atoms with van der Waals surface area (Å²) in [6.07, 6.45) is 1.09. The third-order valence-electron chi connectivity index (χ3n) is 3.10. The molecule has 118 valence electrons. The lowest BCUT2D eigenvalue weighted by Crippen LogP contribution is -2.26. The maximum Gasteiger partial charge on any atom is 0.264 e. The van der Waals surface area contributed by atoms with Gasteiger partial charge in [0.2, 0.25) is 0 Å². The van der Waals surface area contributed by atoms with Crippen molar-refractivity contribution in [2.24, 2.45) is 0 Å². The maximum absolute atomic E-state index is 12.5. The molecule has 0 heterocycles. The topological polar surface area (TPSA) is 71.5 Å². The summed E-state index contributed by atoms with van der Waals surface area (Å²) in [5, 5.41) is 0.444. The summed E-state index contributed by atoms with van der Waals surface area (Å²) in [5.74, 6) is 0. The van der Waals surface area contributed by atoms with Crippen molar-refractivity contribution in [1.29, 1.82) is 0 Å². The van der Waals surface area contributed by atoms with E-state index >= 15 is 0 Å². The van der Waals surface area contributed by atoms with Gasteiger partial charge in [0.05, 0.1) is 15.5 Å². The van der Waals surface area contributed by atoms with Crippen LogP contribution >= 0.6 is 11.6 Å². The normalized spacial score (nSPS) is 12.1. The molecule has 0 fully saturated rings. The third-order valence-corrected chi connectivity index (χ3v) is 6.28. The van der Waals surface area contributed by atoms with E-state index in [-0.39, 0.29) is 9.79 Å². The van der Waals surface area contributed by atoms with Crippen molar-refractivity contribution in [3.8, 4) is 0 Å². The van der Waals surface area contributed by atoms with Gasteiger partial charge in [-0.25, -0.2) is 16.8 Å². The lowest BCUT2D eigenvalue weighted by atomic mass is 10.3. The largest absolute Gasteiger partial charge is 0.269 e. The van der Waals surface area contributed by atoms with Crippen LogP contribution in [0, 0.1) is 0 Å². The Labute approximate surface area is 135 Å². The number of rotatable bonds is 4. The van der Waals surface area contributed by atoms with E-state index in [9.17, 15) is 16.8 Å². The molecule has 0 aliphatic heterocycles. The van der Waals surface area contributed by atoms with E-state index in [0.717, 1.165) is 10.6 Å². The summed E-state index contributed by atoms with van der Waals surface area (Å²) < 4.78 is 48.9. The van der Waals surface area contributed by atoms with Crippen LogP contribution in [0.25, 0.3) is 0 Å². The van der Waals surface area contributed by atoms with Crippen LogP contribution in [0.5, 0.6) is 0 Å².